The monoisotopic (exact) mass is 894 g/mol. The Balaban J connectivity index is 1.06. The van der Waals surface area contributed by atoms with E-state index >= 15 is 0 Å². The smallest absolute Gasteiger partial charge is 0.179 e. The highest BCUT2D eigenvalue weighted by Gasteiger charge is 2.23. The van der Waals surface area contributed by atoms with Gasteiger partial charge < -0.3 is 28.9 Å². The number of ether oxygens (including phenoxy) is 4. The number of hydrogen-bond acceptors (Lipinski definition) is 8. The molecular weight excluding hydrogens is 857 g/mol. The van der Waals surface area contributed by atoms with Crippen molar-refractivity contribution in [2.45, 2.75) is 0 Å². The average molecular weight is 895 g/mol. The molecule has 0 atom stereocenters. The summed E-state index contributed by atoms with van der Waals surface area (Å²) in [6.45, 7) is 2.21. The predicted octanol–water partition coefficient (Wildman–Crippen LogP) is 14.3. The fourth-order valence-corrected chi connectivity index (χ4v) is 11.2. The molecule has 4 aliphatic rings. The molecule has 5 aromatic heterocycles. The Morgan fingerprint density at radius 3 is 1.03 bits per heavy atom. The number of thiophene rings is 2. The summed E-state index contributed by atoms with van der Waals surface area (Å²) in [5.74, 6) is 3.25. The maximum absolute atomic E-state index is 6.07. The number of H-pyrrole nitrogens is 2. The molecule has 0 radical (unpaired) electrons. The van der Waals surface area contributed by atoms with Gasteiger partial charge in [0.2, 0.25) is 0 Å². The van der Waals surface area contributed by atoms with Crippen LogP contribution in [0.4, 0.5) is 0 Å². The molecule has 0 saturated heterocycles. The first kappa shape index (κ1) is 38.5. The van der Waals surface area contributed by atoms with E-state index < -0.39 is 0 Å². The molecule has 9 heterocycles. The predicted molar refractivity (Wildman–Crippen MR) is 269 cm³/mol. The summed E-state index contributed by atoms with van der Waals surface area (Å²) in [5, 5.41) is 4.06. The molecule has 0 fully saturated rings. The molecule has 4 aromatic carbocycles. The summed E-state index contributed by atoms with van der Waals surface area (Å²) >= 11 is 3.28. The zero-order valence-electron chi connectivity index (χ0n) is 35.3. The Labute approximate surface area is 387 Å². The Kier molecular flexibility index (Phi) is 9.31. The van der Waals surface area contributed by atoms with Crippen LogP contribution >= 0.6 is 22.7 Å². The van der Waals surface area contributed by atoms with E-state index in [0.29, 0.717) is 26.4 Å². The van der Waals surface area contributed by atoms with Gasteiger partial charge in [-0.1, -0.05) is 109 Å². The number of nitrogens with one attached hydrogen (secondary N) is 2. The van der Waals surface area contributed by atoms with Crippen molar-refractivity contribution in [1.82, 2.24) is 19.9 Å². The van der Waals surface area contributed by atoms with Gasteiger partial charge in [-0.3, -0.25) is 0 Å². The second-order valence-corrected chi connectivity index (χ2v) is 18.1. The minimum Gasteiger partial charge on any atom is -0.485 e. The van der Waals surface area contributed by atoms with E-state index in [4.69, 9.17) is 28.9 Å². The minimum atomic E-state index is 0.542. The van der Waals surface area contributed by atoms with Gasteiger partial charge in [0.15, 0.2) is 23.0 Å². The van der Waals surface area contributed by atoms with Crippen LogP contribution < -0.4 is 18.9 Å². The van der Waals surface area contributed by atoms with Crippen LogP contribution in [-0.2, 0) is 0 Å². The number of aromatic nitrogens is 4. The van der Waals surface area contributed by atoms with Crippen molar-refractivity contribution in [3.63, 3.8) is 0 Å². The Bertz CT molecular complexity index is 3340. The molecular formula is C56H38N4O4S2. The summed E-state index contributed by atoms with van der Waals surface area (Å²) in [6.07, 6.45) is 8.55. The minimum absolute atomic E-state index is 0.542. The Morgan fingerprint density at radius 2 is 0.667 bits per heavy atom. The largest absolute Gasteiger partial charge is 0.485 e. The molecule has 8 bridgehead atoms. The van der Waals surface area contributed by atoms with Crippen LogP contribution in [-0.4, -0.2) is 46.4 Å². The third kappa shape index (κ3) is 6.64. The normalized spacial score (nSPS) is 13.6. The van der Waals surface area contributed by atoms with Gasteiger partial charge in [0.05, 0.1) is 32.5 Å². The number of aromatic amines is 2. The lowest BCUT2D eigenvalue weighted by Gasteiger charge is -2.16. The van der Waals surface area contributed by atoms with Crippen LogP contribution in [0.1, 0.15) is 22.8 Å². The first-order valence-electron chi connectivity index (χ1n) is 21.9. The summed E-state index contributed by atoms with van der Waals surface area (Å²) < 4.78 is 23.9. The van der Waals surface area contributed by atoms with Crippen molar-refractivity contribution in [3.8, 4) is 88.4 Å². The standard InChI is InChI=1S/C56H38N4O4S2/c1-3-7-33(8-4-1)49-39-19-23-43(57-39)51(35-11-15-37(16-12-35)55-53-47(31-65-55)61-27-29-63-53)45-25-21-41(59-45)50(34-9-5-2-6-10-34)42-22-26-46(60-42)52(44-24-20-40(49)58-44)36-13-17-38(18-14-36)56-54-48(32-66-56)62-28-30-64-54/h1-26,31-32,57,60H,27-30H2. The van der Waals surface area contributed by atoms with E-state index in [1.807, 2.05) is 22.9 Å². The number of hydrogen-bond donors (Lipinski definition) is 2. The highest BCUT2D eigenvalue weighted by Crippen LogP contribution is 2.48. The molecule has 4 aliphatic heterocycles. The zero-order chi connectivity index (χ0) is 43.6. The van der Waals surface area contributed by atoms with Crippen molar-refractivity contribution in [2.24, 2.45) is 0 Å². The van der Waals surface area contributed by atoms with Crippen molar-refractivity contribution in [2.75, 3.05) is 26.4 Å². The maximum Gasteiger partial charge on any atom is 0.179 e. The summed E-state index contributed by atoms with van der Waals surface area (Å²) in [7, 11) is 0. The number of fused-ring (bicyclic) bond motifs is 10. The molecule has 0 amide bonds. The lowest BCUT2D eigenvalue weighted by Crippen LogP contribution is -2.14. The fourth-order valence-electron chi connectivity index (χ4n) is 9.33. The molecule has 66 heavy (non-hydrogen) atoms. The molecule has 10 heteroatoms. The molecule has 0 saturated carbocycles. The summed E-state index contributed by atoms with van der Waals surface area (Å²) in [6, 6.07) is 47.0. The van der Waals surface area contributed by atoms with Gasteiger partial charge in [0, 0.05) is 55.1 Å². The maximum atomic E-state index is 6.07. The van der Waals surface area contributed by atoms with E-state index in [-0.39, 0.29) is 0 Å². The van der Waals surface area contributed by atoms with Crippen LogP contribution in [0.2, 0.25) is 0 Å². The SMILES string of the molecule is C1=Cc2nc1c(-c1ccccc1)c1ccc([nH]1)c(-c1ccc(-c3scc4c3OCCO4)cc1)c1nc(c(-c3ccccc3)c3ccc([nH]3)c2-c2ccc(-c3scc4c3OCCO4)cc2)C=C1. The van der Waals surface area contributed by atoms with Crippen LogP contribution in [0.5, 0.6) is 23.0 Å². The number of rotatable bonds is 6. The van der Waals surface area contributed by atoms with Gasteiger partial charge in [-0.05, 0) is 82.0 Å². The highest BCUT2D eigenvalue weighted by atomic mass is 32.1. The van der Waals surface area contributed by atoms with Crippen LogP contribution in [0.15, 0.2) is 144 Å². The average Bonchev–Trinajstić information content (AvgIpc) is 4.25. The summed E-state index contributed by atoms with van der Waals surface area (Å²) in [4.78, 5) is 20.9. The highest BCUT2D eigenvalue weighted by molar-refractivity contribution is 7.14. The van der Waals surface area contributed by atoms with Gasteiger partial charge in [0.25, 0.3) is 0 Å². The molecule has 8 nitrogen and oxygen atoms in total. The van der Waals surface area contributed by atoms with Crippen molar-refractivity contribution in [1.29, 1.82) is 0 Å². The Morgan fingerprint density at radius 1 is 0.348 bits per heavy atom. The molecule has 2 N–H and O–H groups in total. The fraction of sp³-hybridized carbons (Fsp3) is 0.0714. The van der Waals surface area contributed by atoms with Gasteiger partial charge in [-0.2, -0.15) is 0 Å². The Hall–Kier alpha value is -7.92. The van der Waals surface area contributed by atoms with E-state index in [1.54, 1.807) is 22.7 Å². The first-order chi connectivity index (χ1) is 32.7. The van der Waals surface area contributed by atoms with Gasteiger partial charge in [-0.15, -0.1) is 22.7 Å². The quantitative estimate of drug-likeness (QED) is 0.173. The number of nitrogens with zero attached hydrogens (tertiary/aromatic N) is 2. The van der Waals surface area contributed by atoms with Crippen molar-refractivity contribution >= 4 is 69.0 Å². The van der Waals surface area contributed by atoms with Gasteiger partial charge in [-0.25, -0.2) is 9.97 Å². The van der Waals surface area contributed by atoms with Gasteiger partial charge >= 0.3 is 0 Å². The van der Waals surface area contributed by atoms with Crippen molar-refractivity contribution < 1.29 is 18.9 Å². The molecule has 9 aromatic rings. The second kappa shape index (κ2) is 16.0. The van der Waals surface area contributed by atoms with E-state index in [0.717, 1.165) is 133 Å². The summed E-state index contributed by atoms with van der Waals surface area (Å²) in [5.41, 5.74) is 17.5. The molecule has 0 aliphatic carbocycles. The van der Waals surface area contributed by atoms with Crippen LogP contribution in [0, 0.1) is 0 Å². The molecule has 318 valence electrons. The zero-order valence-corrected chi connectivity index (χ0v) is 37.0. The van der Waals surface area contributed by atoms with E-state index in [1.165, 1.54) is 0 Å². The molecule has 0 spiro atoms. The van der Waals surface area contributed by atoms with Gasteiger partial charge in [0.1, 0.15) is 26.4 Å². The second-order valence-electron chi connectivity index (χ2n) is 16.3. The first-order valence-corrected chi connectivity index (χ1v) is 23.7. The molecule has 13 rings (SSSR count). The van der Waals surface area contributed by atoms with E-state index in [9.17, 15) is 0 Å². The third-order valence-electron chi connectivity index (χ3n) is 12.4. The third-order valence-corrected chi connectivity index (χ3v) is 14.3. The van der Waals surface area contributed by atoms with Crippen molar-refractivity contribution in [3.05, 3.63) is 167 Å². The lowest BCUT2D eigenvalue weighted by molar-refractivity contribution is 0.174. The van der Waals surface area contributed by atoms with Crippen LogP contribution in [0.25, 0.3) is 112 Å². The lowest BCUT2D eigenvalue weighted by atomic mass is 10.0. The number of benzene rings is 4. The molecule has 0 unspecified atom stereocenters. The topological polar surface area (TPSA) is 94.3 Å². The van der Waals surface area contributed by atoms with Crippen LogP contribution in [0.3, 0.4) is 0 Å². The van der Waals surface area contributed by atoms with E-state index in [2.05, 4.69) is 156 Å².